The van der Waals surface area contributed by atoms with Crippen LogP contribution in [0.4, 0.5) is 0 Å². The summed E-state index contributed by atoms with van der Waals surface area (Å²) < 4.78 is 9.83. The molecule has 0 heterocycles. The zero-order valence-electron chi connectivity index (χ0n) is 14.1. The monoisotopic (exact) mass is 361 g/mol. The van der Waals surface area contributed by atoms with Gasteiger partial charge in [0.2, 0.25) is 0 Å². The molecule has 2 aromatic carbocycles. The number of carbonyl (C=O) groups excluding carboxylic acids is 2. The molecule has 25 heavy (non-hydrogen) atoms. The van der Waals surface area contributed by atoms with E-state index in [-0.39, 0.29) is 18.6 Å². The molecule has 0 aliphatic carbocycles. The van der Waals surface area contributed by atoms with Gasteiger partial charge in [-0.15, -0.1) is 0 Å². The van der Waals surface area contributed by atoms with Crippen molar-refractivity contribution in [1.29, 1.82) is 0 Å². The van der Waals surface area contributed by atoms with E-state index in [0.29, 0.717) is 16.3 Å². The fourth-order valence-electron chi connectivity index (χ4n) is 2.29. The second-order valence-corrected chi connectivity index (χ2v) is 5.81. The smallest absolute Gasteiger partial charge is 0.343 e. The van der Waals surface area contributed by atoms with Crippen LogP contribution in [0.1, 0.15) is 35.3 Å². The van der Waals surface area contributed by atoms with E-state index >= 15 is 0 Å². The lowest BCUT2D eigenvalue weighted by atomic mass is 10.0. The number of benzene rings is 2. The molecule has 2 rings (SSSR count). The zero-order chi connectivity index (χ0) is 18.2. The number of halogens is 1. The Kier molecular flexibility index (Phi) is 6.83. The van der Waals surface area contributed by atoms with Gasteiger partial charge in [-0.1, -0.05) is 36.7 Å². The van der Waals surface area contributed by atoms with Crippen molar-refractivity contribution in [1.82, 2.24) is 5.32 Å². The van der Waals surface area contributed by atoms with Crippen molar-refractivity contribution in [2.45, 2.75) is 19.4 Å². The third kappa shape index (κ3) is 5.50. The van der Waals surface area contributed by atoms with Gasteiger partial charge in [0.15, 0.2) is 6.61 Å². The van der Waals surface area contributed by atoms with Crippen LogP contribution in [0.25, 0.3) is 0 Å². The molecule has 2 aromatic rings. The van der Waals surface area contributed by atoms with Crippen LogP contribution >= 0.6 is 11.6 Å². The highest BCUT2D eigenvalue weighted by Gasteiger charge is 2.15. The number of methoxy groups -OCH3 is 1. The van der Waals surface area contributed by atoms with Gasteiger partial charge in [0.05, 0.1) is 13.2 Å². The van der Waals surface area contributed by atoms with E-state index in [4.69, 9.17) is 16.3 Å². The Morgan fingerprint density at radius 3 is 2.52 bits per heavy atom. The Labute approximate surface area is 151 Å². The number of rotatable bonds is 7. The molecule has 1 unspecified atom stereocenters. The Morgan fingerprint density at radius 1 is 1.16 bits per heavy atom. The molecule has 6 heteroatoms. The molecule has 0 radical (unpaired) electrons. The Balaban J connectivity index is 2.06. The first-order chi connectivity index (χ1) is 12.0. The molecule has 0 aromatic heterocycles. The summed E-state index contributed by atoms with van der Waals surface area (Å²) in [7, 11) is 1.29. The van der Waals surface area contributed by atoms with E-state index in [9.17, 15) is 9.59 Å². The van der Waals surface area contributed by atoms with Crippen molar-refractivity contribution >= 4 is 23.5 Å². The maximum absolute atomic E-state index is 12.5. The molecule has 0 saturated carbocycles. The Bertz CT molecular complexity index is 730. The third-order valence-electron chi connectivity index (χ3n) is 3.67. The molecule has 0 spiro atoms. The summed E-state index contributed by atoms with van der Waals surface area (Å²) in [5.74, 6) is -0.272. The second-order valence-electron chi connectivity index (χ2n) is 5.38. The lowest BCUT2D eigenvalue weighted by molar-refractivity contribution is -0.142. The minimum absolute atomic E-state index is 0.121. The molecule has 1 atom stereocenters. The molecule has 1 amide bonds. The summed E-state index contributed by atoms with van der Waals surface area (Å²) in [5.41, 5.74) is 1.44. The van der Waals surface area contributed by atoms with Gasteiger partial charge in [0.25, 0.3) is 5.91 Å². The molecule has 132 valence electrons. The summed E-state index contributed by atoms with van der Waals surface area (Å²) in [6, 6.07) is 13.9. The summed E-state index contributed by atoms with van der Waals surface area (Å²) >= 11 is 5.91. The number of amides is 1. The summed E-state index contributed by atoms with van der Waals surface area (Å²) in [6.07, 6.45) is 0.742. The molecule has 5 nitrogen and oxygen atoms in total. The topological polar surface area (TPSA) is 64.6 Å². The van der Waals surface area contributed by atoms with Gasteiger partial charge in [-0.05, 0) is 42.3 Å². The highest BCUT2D eigenvalue weighted by atomic mass is 35.5. The average Bonchev–Trinajstić information content (AvgIpc) is 2.65. The SMILES string of the molecule is CCC(NC(=O)c1cccc(OCC(=O)OC)c1)c1ccc(Cl)cc1. The van der Waals surface area contributed by atoms with E-state index in [1.807, 2.05) is 19.1 Å². The highest BCUT2D eigenvalue weighted by Crippen LogP contribution is 2.20. The predicted molar refractivity (Wildman–Crippen MR) is 95.9 cm³/mol. The molecule has 0 fully saturated rings. The standard InChI is InChI=1S/C19H20ClNO4/c1-3-17(13-7-9-15(20)10-8-13)21-19(23)14-5-4-6-16(11-14)25-12-18(22)24-2/h4-11,17H,3,12H2,1-2H3,(H,21,23). The van der Waals surface area contributed by atoms with Gasteiger partial charge >= 0.3 is 5.97 Å². The van der Waals surface area contributed by atoms with Crippen molar-refractivity contribution in [3.05, 3.63) is 64.7 Å². The molecule has 0 bridgehead atoms. The maximum Gasteiger partial charge on any atom is 0.343 e. The van der Waals surface area contributed by atoms with E-state index < -0.39 is 5.97 Å². The average molecular weight is 362 g/mol. The van der Waals surface area contributed by atoms with Crippen molar-refractivity contribution in [3.8, 4) is 5.75 Å². The van der Waals surface area contributed by atoms with Gasteiger partial charge in [-0.2, -0.15) is 0 Å². The Morgan fingerprint density at radius 2 is 1.88 bits per heavy atom. The van der Waals surface area contributed by atoms with E-state index in [1.54, 1.807) is 36.4 Å². The van der Waals surface area contributed by atoms with Crippen LogP contribution in [-0.4, -0.2) is 25.6 Å². The number of hydrogen-bond donors (Lipinski definition) is 1. The first-order valence-electron chi connectivity index (χ1n) is 7.89. The van der Waals surface area contributed by atoms with E-state index in [0.717, 1.165) is 12.0 Å². The number of esters is 1. The van der Waals surface area contributed by atoms with Gasteiger partial charge < -0.3 is 14.8 Å². The molecule has 0 saturated heterocycles. The van der Waals surface area contributed by atoms with Gasteiger partial charge in [0, 0.05) is 10.6 Å². The van der Waals surface area contributed by atoms with Gasteiger partial charge in [-0.3, -0.25) is 4.79 Å². The van der Waals surface area contributed by atoms with Crippen LogP contribution in [0.3, 0.4) is 0 Å². The van der Waals surface area contributed by atoms with E-state index in [1.165, 1.54) is 7.11 Å². The van der Waals surface area contributed by atoms with Crippen LogP contribution in [0.2, 0.25) is 5.02 Å². The first-order valence-corrected chi connectivity index (χ1v) is 8.27. The maximum atomic E-state index is 12.5. The fourth-order valence-corrected chi connectivity index (χ4v) is 2.41. The predicted octanol–water partition coefficient (Wildman–Crippen LogP) is 3.77. The number of nitrogens with one attached hydrogen (secondary N) is 1. The van der Waals surface area contributed by atoms with Crippen LogP contribution in [-0.2, 0) is 9.53 Å². The Hall–Kier alpha value is -2.53. The quantitative estimate of drug-likeness (QED) is 0.762. The number of ether oxygens (including phenoxy) is 2. The van der Waals surface area contributed by atoms with Crippen LogP contribution in [0.5, 0.6) is 5.75 Å². The second kappa shape index (κ2) is 9.08. The highest BCUT2D eigenvalue weighted by molar-refractivity contribution is 6.30. The van der Waals surface area contributed by atoms with Crippen LogP contribution < -0.4 is 10.1 Å². The molecular formula is C19H20ClNO4. The zero-order valence-corrected chi connectivity index (χ0v) is 14.9. The number of carbonyl (C=O) groups is 2. The van der Waals surface area contributed by atoms with Crippen molar-refractivity contribution in [3.63, 3.8) is 0 Å². The van der Waals surface area contributed by atoms with Gasteiger partial charge in [-0.25, -0.2) is 4.79 Å². The first kappa shape index (κ1) is 18.8. The van der Waals surface area contributed by atoms with Crippen molar-refractivity contribution in [2.24, 2.45) is 0 Å². The minimum Gasteiger partial charge on any atom is -0.482 e. The fraction of sp³-hybridized carbons (Fsp3) is 0.263. The van der Waals surface area contributed by atoms with Gasteiger partial charge in [0.1, 0.15) is 5.75 Å². The molecule has 0 aliphatic rings. The summed E-state index contributed by atoms with van der Waals surface area (Å²) in [5, 5.41) is 3.65. The molecule has 1 N–H and O–H groups in total. The largest absolute Gasteiger partial charge is 0.482 e. The molecular weight excluding hydrogens is 342 g/mol. The summed E-state index contributed by atoms with van der Waals surface area (Å²) in [6.45, 7) is 1.79. The lowest BCUT2D eigenvalue weighted by Crippen LogP contribution is -2.28. The van der Waals surface area contributed by atoms with E-state index in [2.05, 4.69) is 10.1 Å². The summed E-state index contributed by atoms with van der Waals surface area (Å²) in [4.78, 5) is 23.6. The minimum atomic E-state index is -0.483. The third-order valence-corrected chi connectivity index (χ3v) is 3.92. The number of hydrogen-bond acceptors (Lipinski definition) is 4. The van der Waals surface area contributed by atoms with Crippen LogP contribution in [0.15, 0.2) is 48.5 Å². The van der Waals surface area contributed by atoms with Crippen molar-refractivity contribution in [2.75, 3.05) is 13.7 Å². The lowest BCUT2D eigenvalue weighted by Gasteiger charge is -2.18. The van der Waals surface area contributed by atoms with Crippen LogP contribution in [0, 0.1) is 0 Å². The normalized spacial score (nSPS) is 11.5. The molecule has 0 aliphatic heterocycles. The van der Waals surface area contributed by atoms with Crippen molar-refractivity contribution < 1.29 is 19.1 Å².